The summed E-state index contributed by atoms with van der Waals surface area (Å²) in [6.07, 6.45) is 4.27. The van der Waals surface area contributed by atoms with Crippen LogP contribution >= 0.6 is 11.3 Å². The Morgan fingerprint density at radius 3 is 2.49 bits per heavy atom. The van der Waals surface area contributed by atoms with Crippen LogP contribution in [0, 0.1) is 5.92 Å². The Labute approximate surface area is 209 Å². The van der Waals surface area contributed by atoms with Crippen LogP contribution in [0.2, 0.25) is 0 Å². The number of anilines is 1. The largest absolute Gasteiger partial charge is 0.339 e. The molecule has 0 atom stereocenters. The van der Waals surface area contributed by atoms with E-state index in [1.54, 1.807) is 11.4 Å². The molecule has 2 fully saturated rings. The highest BCUT2D eigenvalue weighted by atomic mass is 32.2. The smallest absolute Gasteiger partial charge is 0.252 e. The van der Waals surface area contributed by atoms with Gasteiger partial charge in [-0.25, -0.2) is 8.42 Å². The summed E-state index contributed by atoms with van der Waals surface area (Å²) >= 11 is 1.16. The molecular formula is C25H30N4O4S2. The van der Waals surface area contributed by atoms with Crippen LogP contribution in [0.1, 0.15) is 69.2 Å². The lowest BCUT2D eigenvalue weighted by Crippen LogP contribution is -2.41. The maximum absolute atomic E-state index is 13.2. The number of sulfonamides is 1. The Balaban J connectivity index is 1.19. The molecule has 2 aromatic heterocycles. The van der Waals surface area contributed by atoms with Crippen molar-refractivity contribution in [2.75, 3.05) is 18.4 Å². The van der Waals surface area contributed by atoms with E-state index in [0.717, 1.165) is 29.9 Å². The fraction of sp³-hybridized carbons (Fsp3) is 0.480. The molecule has 35 heavy (non-hydrogen) atoms. The molecular weight excluding hydrogens is 484 g/mol. The molecule has 1 saturated heterocycles. The molecule has 0 spiro atoms. The van der Waals surface area contributed by atoms with Crippen LogP contribution in [0.25, 0.3) is 11.4 Å². The van der Waals surface area contributed by atoms with Crippen molar-refractivity contribution in [1.82, 2.24) is 14.4 Å². The average molecular weight is 515 g/mol. The number of amides is 1. The molecule has 1 N–H and O–H groups in total. The van der Waals surface area contributed by atoms with Crippen molar-refractivity contribution in [1.29, 1.82) is 0 Å². The Morgan fingerprint density at radius 2 is 1.86 bits per heavy atom. The van der Waals surface area contributed by atoms with Crippen LogP contribution < -0.4 is 5.32 Å². The first-order chi connectivity index (χ1) is 16.8. The van der Waals surface area contributed by atoms with Gasteiger partial charge in [0.05, 0.1) is 0 Å². The molecule has 3 heterocycles. The minimum Gasteiger partial charge on any atom is -0.339 e. The van der Waals surface area contributed by atoms with Crippen molar-refractivity contribution in [3.05, 3.63) is 47.2 Å². The highest BCUT2D eigenvalue weighted by molar-refractivity contribution is 7.91. The topological polar surface area (TPSA) is 105 Å². The highest BCUT2D eigenvalue weighted by Gasteiger charge is 2.33. The van der Waals surface area contributed by atoms with Gasteiger partial charge in [0.2, 0.25) is 17.6 Å². The number of thiophene rings is 1. The molecule has 10 heteroatoms. The van der Waals surface area contributed by atoms with E-state index < -0.39 is 10.0 Å². The second kappa shape index (κ2) is 9.83. The second-order valence-corrected chi connectivity index (χ2v) is 12.8. The zero-order valence-electron chi connectivity index (χ0n) is 19.9. The Hall–Kier alpha value is -2.56. The van der Waals surface area contributed by atoms with E-state index in [-0.39, 0.29) is 16.0 Å². The molecule has 1 aliphatic heterocycles. The third-order valence-electron chi connectivity index (χ3n) is 6.99. The standard InChI is InChI=1S/C25H30N4O4S2/c1-16(2)17-6-8-21(9-7-17)26-24(30)18-10-12-29(13-11-18)35(31,32)22-14-20(15-34-22)23-27-25(33-28-23)19-4-3-5-19/h6-9,14-16,18-19H,3-5,10-13H2,1-2H3,(H,26,30). The molecule has 0 radical (unpaired) electrons. The number of hydrogen-bond donors (Lipinski definition) is 1. The normalized spacial score (nSPS) is 18.0. The maximum Gasteiger partial charge on any atom is 0.252 e. The van der Waals surface area contributed by atoms with Gasteiger partial charge in [-0.05, 0) is 55.4 Å². The molecule has 1 saturated carbocycles. The number of rotatable bonds is 7. The first-order valence-corrected chi connectivity index (χ1v) is 14.5. The molecule has 1 amide bonds. The van der Waals surface area contributed by atoms with Crippen molar-refractivity contribution >= 4 is 33.0 Å². The number of piperidine rings is 1. The van der Waals surface area contributed by atoms with Gasteiger partial charge >= 0.3 is 0 Å². The van der Waals surface area contributed by atoms with Crippen molar-refractivity contribution in [2.24, 2.45) is 5.92 Å². The van der Waals surface area contributed by atoms with Crippen LogP contribution in [0.5, 0.6) is 0 Å². The number of carbonyl (C=O) groups excluding carboxylic acids is 1. The molecule has 0 unspecified atom stereocenters. The van der Waals surface area contributed by atoms with E-state index in [4.69, 9.17) is 4.52 Å². The van der Waals surface area contributed by atoms with Gasteiger partial charge in [-0.3, -0.25) is 4.79 Å². The minimum atomic E-state index is -3.64. The lowest BCUT2D eigenvalue weighted by atomic mass is 9.85. The van der Waals surface area contributed by atoms with Gasteiger partial charge < -0.3 is 9.84 Å². The summed E-state index contributed by atoms with van der Waals surface area (Å²) in [5.74, 6) is 1.56. The summed E-state index contributed by atoms with van der Waals surface area (Å²) < 4.78 is 33.6. The fourth-order valence-electron chi connectivity index (χ4n) is 4.42. The molecule has 1 aliphatic carbocycles. The van der Waals surface area contributed by atoms with Crippen LogP contribution in [-0.4, -0.2) is 41.9 Å². The highest BCUT2D eigenvalue weighted by Crippen LogP contribution is 2.37. The predicted molar refractivity (Wildman–Crippen MR) is 135 cm³/mol. The lowest BCUT2D eigenvalue weighted by Gasteiger charge is -2.30. The first-order valence-electron chi connectivity index (χ1n) is 12.1. The number of nitrogens with one attached hydrogen (secondary N) is 1. The zero-order valence-corrected chi connectivity index (χ0v) is 21.6. The van der Waals surface area contributed by atoms with Gasteiger partial charge in [0, 0.05) is 41.6 Å². The first kappa shape index (κ1) is 24.1. The SMILES string of the molecule is CC(C)c1ccc(NC(=O)C2CCN(S(=O)(=O)c3cc(-c4noc(C5CCC5)n4)cs3)CC2)cc1. The molecule has 2 aliphatic rings. The summed E-state index contributed by atoms with van der Waals surface area (Å²) in [5, 5.41) is 8.77. The van der Waals surface area contributed by atoms with E-state index in [1.165, 1.54) is 16.3 Å². The van der Waals surface area contributed by atoms with Gasteiger partial charge in [-0.2, -0.15) is 9.29 Å². The predicted octanol–water partition coefficient (Wildman–Crippen LogP) is 5.23. The molecule has 1 aromatic carbocycles. The zero-order chi connectivity index (χ0) is 24.6. The van der Waals surface area contributed by atoms with E-state index in [9.17, 15) is 13.2 Å². The van der Waals surface area contributed by atoms with Crippen molar-refractivity contribution in [3.63, 3.8) is 0 Å². The third kappa shape index (κ3) is 5.05. The summed E-state index contributed by atoms with van der Waals surface area (Å²) in [6.45, 7) is 4.88. The van der Waals surface area contributed by atoms with Gasteiger partial charge in [0.25, 0.3) is 10.0 Å². The molecule has 3 aromatic rings. The Kier molecular flexibility index (Phi) is 6.78. The van der Waals surface area contributed by atoms with E-state index in [0.29, 0.717) is 55.0 Å². The number of aromatic nitrogens is 2. The molecule has 5 rings (SSSR count). The van der Waals surface area contributed by atoms with Crippen LogP contribution in [0.3, 0.4) is 0 Å². The summed E-state index contributed by atoms with van der Waals surface area (Å²) in [4.78, 5) is 17.2. The van der Waals surface area contributed by atoms with Crippen LogP contribution in [0.15, 0.2) is 44.4 Å². The third-order valence-corrected chi connectivity index (χ3v) is 10.3. The minimum absolute atomic E-state index is 0.0582. The van der Waals surface area contributed by atoms with Crippen molar-refractivity contribution in [2.45, 2.75) is 62.0 Å². The van der Waals surface area contributed by atoms with Crippen molar-refractivity contribution in [3.8, 4) is 11.4 Å². The fourth-order valence-corrected chi connectivity index (χ4v) is 7.20. The summed E-state index contributed by atoms with van der Waals surface area (Å²) in [7, 11) is -3.64. The number of hydrogen-bond acceptors (Lipinski definition) is 7. The molecule has 0 bridgehead atoms. The molecule has 186 valence electrons. The second-order valence-electron chi connectivity index (χ2n) is 9.68. The van der Waals surface area contributed by atoms with Crippen LogP contribution in [-0.2, 0) is 14.8 Å². The summed E-state index contributed by atoms with van der Waals surface area (Å²) in [5.41, 5.74) is 2.64. The Bertz CT molecular complexity index is 1280. The molecule has 8 nitrogen and oxygen atoms in total. The van der Waals surface area contributed by atoms with E-state index >= 15 is 0 Å². The summed E-state index contributed by atoms with van der Waals surface area (Å²) in [6, 6.07) is 9.50. The Morgan fingerprint density at radius 1 is 1.14 bits per heavy atom. The monoisotopic (exact) mass is 514 g/mol. The van der Waals surface area contributed by atoms with Gasteiger partial charge in [0.1, 0.15) is 4.21 Å². The van der Waals surface area contributed by atoms with E-state index in [2.05, 4.69) is 29.3 Å². The maximum atomic E-state index is 13.2. The lowest BCUT2D eigenvalue weighted by molar-refractivity contribution is -0.120. The quantitative estimate of drug-likeness (QED) is 0.463. The van der Waals surface area contributed by atoms with Crippen LogP contribution in [0.4, 0.5) is 5.69 Å². The number of benzene rings is 1. The average Bonchev–Trinajstić information content (AvgIpc) is 3.49. The van der Waals surface area contributed by atoms with Gasteiger partial charge in [-0.15, -0.1) is 11.3 Å². The van der Waals surface area contributed by atoms with Gasteiger partial charge in [-0.1, -0.05) is 37.6 Å². The number of carbonyl (C=O) groups is 1. The van der Waals surface area contributed by atoms with E-state index in [1.807, 2.05) is 24.3 Å². The number of nitrogens with zero attached hydrogens (tertiary/aromatic N) is 3. The van der Waals surface area contributed by atoms with Crippen molar-refractivity contribution < 1.29 is 17.7 Å². The van der Waals surface area contributed by atoms with Gasteiger partial charge in [0.15, 0.2) is 0 Å².